The van der Waals surface area contributed by atoms with E-state index in [1.54, 1.807) is 0 Å². The van der Waals surface area contributed by atoms with Crippen LogP contribution in [0.15, 0.2) is 0 Å². The molecule has 0 unspecified atom stereocenters. The molecule has 1 heterocycles. The molecule has 8 heavy (non-hydrogen) atoms. The maximum absolute atomic E-state index is 2.50. The van der Waals surface area contributed by atoms with Crippen LogP contribution in [0, 0.1) is 0 Å². The van der Waals surface area contributed by atoms with Gasteiger partial charge in [0.1, 0.15) is 0 Å². The molecule has 0 aromatic heterocycles. The molecular weight excluding hydrogens is 295 g/mol. The van der Waals surface area contributed by atoms with E-state index in [2.05, 4.69) is 14.7 Å². The second kappa shape index (κ2) is 3.12. The molecule has 0 aromatic carbocycles. The Balaban J connectivity index is 2.19. The molecule has 1 aliphatic rings. The van der Waals surface area contributed by atoms with Crippen molar-refractivity contribution in [2.45, 2.75) is 0 Å². The zero-order chi connectivity index (χ0) is 5.98. The number of nitrogens with zero attached hydrogens (tertiary/aromatic N) is 2. The summed E-state index contributed by atoms with van der Waals surface area (Å²) in [4.78, 5) is 2.38. The summed E-state index contributed by atoms with van der Waals surface area (Å²) in [6, 6.07) is 0. The predicted molar refractivity (Wildman–Crippen MR) is 34.8 cm³/mol. The van der Waals surface area contributed by atoms with E-state index in [0.29, 0.717) is 0 Å². The first-order valence-corrected chi connectivity index (χ1v) is 4.67. The van der Waals surface area contributed by atoms with E-state index >= 15 is 0 Å². The van der Waals surface area contributed by atoms with Gasteiger partial charge in [-0.1, -0.05) is 0 Å². The molecule has 3 heteroatoms. The first-order chi connectivity index (χ1) is 3.79. The molecule has 1 fully saturated rings. The third kappa shape index (κ3) is 1.99. The Hall–Kier alpha value is 0.842. The molecule has 0 amide bonds. The van der Waals surface area contributed by atoms with E-state index in [0.717, 1.165) is 0 Å². The molecule has 0 spiro atoms. The van der Waals surface area contributed by atoms with E-state index in [9.17, 15) is 0 Å². The minimum atomic E-state index is 1.25. The van der Waals surface area contributed by atoms with E-state index in [-0.39, 0.29) is 0 Å². The van der Waals surface area contributed by atoms with Crippen molar-refractivity contribution in [2.75, 3.05) is 33.2 Å². The summed E-state index contributed by atoms with van der Waals surface area (Å²) < 4.78 is 2.50. The van der Waals surface area contributed by atoms with E-state index < -0.39 is 0 Å². The molecule has 0 N–H and O–H groups in total. The summed E-state index contributed by atoms with van der Waals surface area (Å²) in [7, 11) is 2.19. The summed E-state index contributed by atoms with van der Waals surface area (Å²) in [5.41, 5.74) is 0. The van der Waals surface area contributed by atoms with Crippen LogP contribution in [0.5, 0.6) is 0 Å². The van der Waals surface area contributed by atoms with Crippen LogP contribution in [0.2, 0.25) is 0 Å². The number of likely N-dealkylation sites (N-methyl/N-ethyl adjacent to an activating group) is 1. The van der Waals surface area contributed by atoms with Gasteiger partial charge in [-0.05, 0) is 0 Å². The molecule has 0 atom stereocenters. The van der Waals surface area contributed by atoms with Crippen molar-refractivity contribution in [3.05, 3.63) is 0 Å². The van der Waals surface area contributed by atoms with Gasteiger partial charge >= 0.3 is 66.9 Å². The van der Waals surface area contributed by atoms with Crippen LogP contribution in [0.1, 0.15) is 0 Å². The standard InChI is InChI=1S/C5H11N2.Pb/c1-7-4-2-6-3-5-7;/h2-5H2,1H3;/q-1;+1. The van der Waals surface area contributed by atoms with Crippen molar-refractivity contribution in [2.24, 2.45) is 0 Å². The van der Waals surface area contributed by atoms with Crippen molar-refractivity contribution < 1.29 is 0 Å². The first kappa shape index (κ1) is 6.96. The zero-order valence-corrected chi connectivity index (χ0v) is 9.11. The van der Waals surface area contributed by atoms with Crippen LogP contribution in [0.3, 0.4) is 0 Å². The summed E-state index contributed by atoms with van der Waals surface area (Å²) in [6.45, 7) is 5.12. The second-order valence-electron chi connectivity index (χ2n) is 2.29. The summed E-state index contributed by atoms with van der Waals surface area (Å²) in [6.07, 6.45) is 0. The molecule has 1 aliphatic heterocycles. The second-order valence-corrected chi connectivity index (χ2v) is 4.75. The monoisotopic (exact) mass is 307 g/mol. The quantitative estimate of drug-likeness (QED) is 0.547. The van der Waals surface area contributed by atoms with Gasteiger partial charge in [0, 0.05) is 0 Å². The molecule has 3 radical (unpaired) electrons. The molecular formula is C5H11N2Pb. The van der Waals surface area contributed by atoms with Crippen LogP contribution in [-0.2, 0) is 0 Å². The summed E-state index contributed by atoms with van der Waals surface area (Å²) in [5.74, 6) is 0. The van der Waals surface area contributed by atoms with Gasteiger partial charge in [-0.2, -0.15) is 0 Å². The van der Waals surface area contributed by atoms with Gasteiger partial charge in [0.05, 0.1) is 0 Å². The molecule has 1 saturated heterocycles. The SMILES string of the molecule is CN1CC[N]([Pb])CC1. The Morgan fingerprint density at radius 3 is 2.00 bits per heavy atom. The molecule has 0 aromatic rings. The number of rotatable bonds is 0. The van der Waals surface area contributed by atoms with Crippen molar-refractivity contribution in [1.82, 2.24) is 7.61 Å². The average molecular weight is 306 g/mol. The fraction of sp³-hybridized carbons (Fsp3) is 1.00. The minimum absolute atomic E-state index is 1.25. The summed E-state index contributed by atoms with van der Waals surface area (Å²) >= 11 is 1.25. The zero-order valence-electron chi connectivity index (χ0n) is 5.22. The van der Waals surface area contributed by atoms with E-state index in [1.807, 2.05) is 0 Å². The van der Waals surface area contributed by atoms with Crippen LogP contribution in [0.4, 0.5) is 0 Å². The van der Waals surface area contributed by atoms with Crippen LogP contribution in [-0.4, -0.2) is 66.9 Å². The molecule has 0 bridgehead atoms. The third-order valence-electron chi connectivity index (χ3n) is 1.50. The average Bonchev–Trinajstić information content (AvgIpc) is 1.77. The van der Waals surface area contributed by atoms with Gasteiger partial charge in [0.2, 0.25) is 0 Å². The Kier molecular flexibility index (Phi) is 2.72. The van der Waals surface area contributed by atoms with Crippen molar-refractivity contribution in [1.29, 1.82) is 0 Å². The molecule has 45 valence electrons. The Morgan fingerprint density at radius 2 is 1.62 bits per heavy atom. The van der Waals surface area contributed by atoms with Gasteiger partial charge in [0.25, 0.3) is 0 Å². The number of piperazine rings is 1. The van der Waals surface area contributed by atoms with Crippen LogP contribution < -0.4 is 0 Å². The molecule has 1 rings (SSSR count). The summed E-state index contributed by atoms with van der Waals surface area (Å²) in [5, 5.41) is 0. The van der Waals surface area contributed by atoms with Gasteiger partial charge in [-0.25, -0.2) is 0 Å². The first-order valence-electron chi connectivity index (χ1n) is 2.94. The Labute approximate surface area is 66.9 Å². The Morgan fingerprint density at radius 1 is 1.12 bits per heavy atom. The third-order valence-corrected chi connectivity index (χ3v) is 3.24. The number of hydrogen-bond acceptors (Lipinski definition) is 2. The van der Waals surface area contributed by atoms with Crippen molar-refractivity contribution in [3.8, 4) is 0 Å². The van der Waals surface area contributed by atoms with Gasteiger partial charge in [0.15, 0.2) is 0 Å². The number of hydrogen-bond donors (Lipinski definition) is 0. The molecule has 0 aliphatic carbocycles. The van der Waals surface area contributed by atoms with Crippen molar-refractivity contribution in [3.63, 3.8) is 0 Å². The van der Waals surface area contributed by atoms with Gasteiger partial charge in [-0.15, -0.1) is 0 Å². The fourth-order valence-corrected chi connectivity index (χ4v) is 1.58. The van der Waals surface area contributed by atoms with Crippen LogP contribution in [0.25, 0.3) is 0 Å². The maximum atomic E-state index is 2.50. The van der Waals surface area contributed by atoms with E-state index in [1.165, 1.54) is 52.2 Å². The topological polar surface area (TPSA) is 6.48 Å². The van der Waals surface area contributed by atoms with E-state index in [4.69, 9.17) is 0 Å². The molecule has 2 nitrogen and oxygen atoms in total. The van der Waals surface area contributed by atoms with Gasteiger partial charge < -0.3 is 0 Å². The Bertz CT molecular complexity index is 58.8. The fourth-order valence-electron chi connectivity index (χ4n) is 0.806. The van der Waals surface area contributed by atoms with Gasteiger partial charge in [-0.3, -0.25) is 0 Å². The van der Waals surface area contributed by atoms with Crippen molar-refractivity contribution >= 4 is 26.1 Å². The van der Waals surface area contributed by atoms with Crippen LogP contribution >= 0.6 is 0 Å². The predicted octanol–water partition coefficient (Wildman–Crippen LogP) is -0.683. The molecule has 0 saturated carbocycles. The normalized spacial score (nSPS) is 26.2.